The molecule has 2 nitrogen and oxygen atoms in total. The first-order chi connectivity index (χ1) is 5.61. The molecule has 3 heteroatoms. The van der Waals surface area contributed by atoms with Crippen LogP contribution in [0.4, 0.5) is 0 Å². The van der Waals surface area contributed by atoms with Crippen LogP contribution in [0.2, 0.25) is 5.02 Å². The van der Waals surface area contributed by atoms with E-state index < -0.39 is 12.2 Å². The molecule has 12 heavy (non-hydrogen) atoms. The highest BCUT2D eigenvalue weighted by atomic mass is 35.5. The predicted octanol–water partition coefficient (Wildman–Crippen LogP) is 1.75. The molecule has 0 saturated heterocycles. The fourth-order valence-corrected chi connectivity index (χ4v) is 1.06. The summed E-state index contributed by atoms with van der Waals surface area (Å²) in [5, 5.41) is 19.1. The third-order valence-corrected chi connectivity index (χ3v) is 1.92. The SMILES string of the molecule is CC(O)C(O)c1ccc(Cl)cc1. The normalized spacial score (nSPS) is 15.7. The summed E-state index contributed by atoms with van der Waals surface area (Å²) in [5.41, 5.74) is 0.675. The summed E-state index contributed by atoms with van der Waals surface area (Å²) >= 11 is 5.65. The third-order valence-electron chi connectivity index (χ3n) is 1.67. The van der Waals surface area contributed by atoms with E-state index in [2.05, 4.69) is 0 Å². The van der Waals surface area contributed by atoms with Crippen LogP contribution in [0.1, 0.15) is 18.6 Å². The monoisotopic (exact) mass is 186 g/mol. The van der Waals surface area contributed by atoms with Gasteiger partial charge >= 0.3 is 0 Å². The Balaban J connectivity index is 2.82. The van der Waals surface area contributed by atoms with Crippen molar-refractivity contribution in [2.24, 2.45) is 0 Å². The average molecular weight is 187 g/mol. The van der Waals surface area contributed by atoms with Gasteiger partial charge in [0.25, 0.3) is 0 Å². The highest BCUT2D eigenvalue weighted by Gasteiger charge is 2.12. The van der Waals surface area contributed by atoms with E-state index in [0.717, 1.165) is 0 Å². The van der Waals surface area contributed by atoms with Gasteiger partial charge in [-0.05, 0) is 24.6 Å². The zero-order valence-electron chi connectivity index (χ0n) is 6.74. The first-order valence-electron chi connectivity index (χ1n) is 3.73. The van der Waals surface area contributed by atoms with Crippen LogP contribution in [-0.2, 0) is 0 Å². The number of rotatable bonds is 2. The molecule has 0 heterocycles. The summed E-state index contributed by atoms with van der Waals surface area (Å²) in [4.78, 5) is 0. The Morgan fingerprint density at radius 3 is 2.08 bits per heavy atom. The van der Waals surface area contributed by atoms with E-state index in [9.17, 15) is 5.11 Å². The van der Waals surface area contributed by atoms with Gasteiger partial charge in [-0.3, -0.25) is 0 Å². The molecule has 2 unspecified atom stereocenters. The Labute approximate surface area is 76.4 Å². The van der Waals surface area contributed by atoms with Crippen molar-refractivity contribution in [2.75, 3.05) is 0 Å². The Bertz CT molecular complexity index is 243. The highest BCUT2D eigenvalue weighted by Crippen LogP contribution is 2.18. The quantitative estimate of drug-likeness (QED) is 0.739. The van der Waals surface area contributed by atoms with Crippen LogP contribution in [0.15, 0.2) is 24.3 Å². The summed E-state index contributed by atoms with van der Waals surface area (Å²) in [7, 11) is 0. The van der Waals surface area contributed by atoms with E-state index in [1.807, 2.05) is 0 Å². The number of halogens is 1. The smallest absolute Gasteiger partial charge is 0.105 e. The third kappa shape index (κ3) is 2.21. The number of hydrogen-bond acceptors (Lipinski definition) is 2. The van der Waals surface area contributed by atoms with Crippen molar-refractivity contribution in [1.29, 1.82) is 0 Å². The Kier molecular flexibility index (Phi) is 3.09. The van der Waals surface area contributed by atoms with Crippen molar-refractivity contribution in [3.63, 3.8) is 0 Å². The molecule has 0 amide bonds. The standard InChI is InChI=1S/C9H11ClO2/c1-6(11)9(12)7-2-4-8(10)5-3-7/h2-6,9,11-12H,1H3. The molecule has 0 radical (unpaired) electrons. The van der Waals surface area contributed by atoms with Gasteiger partial charge in [0.15, 0.2) is 0 Å². The molecule has 0 aliphatic heterocycles. The lowest BCUT2D eigenvalue weighted by Gasteiger charge is -2.13. The van der Waals surface area contributed by atoms with Crippen molar-refractivity contribution in [3.8, 4) is 0 Å². The lowest BCUT2D eigenvalue weighted by atomic mass is 10.1. The molecular formula is C9H11ClO2. The largest absolute Gasteiger partial charge is 0.390 e. The molecule has 1 aromatic rings. The van der Waals surface area contributed by atoms with Gasteiger partial charge in [0.1, 0.15) is 6.10 Å². The predicted molar refractivity (Wildman–Crippen MR) is 48.1 cm³/mol. The zero-order chi connectivity index (χ0) is 9.14. The van der Waals surface area contributed by atoms with E-state index in [1.165, 1.54) is 0 Å². The maximum absolute atomic E-state index is 9.40. The highest BCUT2D eigenvalue weighted by molar-refractivity contribution is 6.30. The topological polar surface area (TPSA) is 40.5 Å². The van der Waals surface area contributed by atoms with Crippen LogP contribution < -0.4 is 0 Å². The maximum atomic E-state index is 9.40. The second-order valence-electron chi connectivity index (χ2n) is 2.74. The molecule has 2 N–H and O–H groups in total. The van der Waals surface area contributed by atoms with Crippen LogP contribution in [0.3, 0.4) is 0 Å². The summed E-state index contributed by atoms with van der Waals surface area (Å²) < 4.78 is 0. The molecule has 0 bridgehead atoms. The van der Waals surface area contributed by atoms with E-state index >= 15 is 0 Å². The second-order valence-corrected chi connectivity index (χ2v) is 3.17. The zero-order valence-corrected chi connectivity index (χ0v) is 7.49. The van der Waals surface area contributed by atoms with Crippen LogP contribution in [0, 0.1) is 0 Å². The van der Waals surface area contributed by atoms with Gasteiger partial charge in [-0.1, -0.05) is 23.7 Å². The fraction of sp³-hybridized carbons (Fsp3) is 0.333. The van der Waals surface area contributed by atoms with Gasteiger partial charge in [-0.25, -0.2) is 0 Å². The van der Waals surface area contributed by atoms with Crippen LogP contribution in [0.5, 0.6) is 0 Å². The van der Waals surface area contributed by atoms with E-state index in [0.29, 0.717) is 10.6 Å². The summed E-state index contributed by atoms with van der Waals surface area (Å²) in [5.74, 6) is 0. The number of aliphatic hydroxyl groups is 2. The lowest BCUT2D eigenvalue weighted by Crippen LogP contribution is -2.13. The van der Waals surface area contributed by atoms with Crippen molar-refractivity contribution < 1.29 is 10.2 Å². The van der Waals surface area contributed by atoms with Crippen LogP contribution in [-0.4, -0.2) is 16.3 Å². The van der Waals surface area contributed by atoms with E-state index in [-0.39, 0.29) is 0 Å². The molecule has 66 valence electrons. The number of hydrogen-bond donors (Lipinski definition) is 2. The minimum Gasteiger partial charge on any atom is -0.390 e. The van der Waals surface area contributed by atoms with Gasteiger partial charge in [-0.2, -0.15) is 0 Å². The molecule has 0 aromatic heterocycles. The summed E-state index contributed by atoms with van der Waals surface area (Å²) in [6.45, 7) is 1.54. The van der Waals surface area contributed by atoms with Crippen molar-refractivity contribution in [1.82, 2.24) is 0 Å². The Hall–Kier alpha value is -0.570. The first-order valence-corrected chi connectivity index (χ1v) is 4.10. The van der Waals surface area contributed by atoms with Gasteiger partial charge in [0.05, 0.1) is 6.10 Å². The lowest BCUT2D eigenvalue weighted by molar-refractivity contribution is 0.0305. The minimum atomic E-state index is -0.831. The summed E-state index contributed by atoms with van der Waals surface area (Å²) in [6, 6.07) is 6.75. The van der Waals surface area contributed by atoms with Crippen molar-refractivity contribution in [2.45, 2.75) is 19.1 Å². The van der Waals surface area contributed by atoms with Gasteiger partial charge in [-0.15, -0.1) is 0 Å². The Morgan fingerprint density at radius 1 is 1.17 bits per heavy atom. The molecule has 0 spiro atoms. The number of benzene rings is 1. The summed E-state index contributed by atoms with van der Waals surface area (Å²) in [6.07, 6.45) is -1.59. The minimum absolute atomic E-state index is 0.622. The maximum Gasteiger partial charge on any atom is 0.105 e. The molecule has 1 rings (SSSR count). The molecule has 0 aliphatic rings. The Morgan fingerprint density at radius 2 is 1.67 bits per heavy atom. The van der Waals surface area contributed by atoms with Gasteiger partial charge in [0.2, 0.25) is 0 Å². The van der Waals surface area contributed by atoms with Gasteiger partial charge < -0.3 is 10.2 Å². The molecule has 1 aromatic carbocycles. The van der Waals surface area contributed by atoms with Crippen LogP contribution >= 0.6 is 11.6 Å². The second kappa shape index (κ2) is 3.90. The van der Waals surface area contributed by atoms with Crippen LogP contribution in [0.25, 0.3) is 0 Å². The molecular weight excluding hydrogens is 176 g/mol. The van der Waals surface area contributed by atoms with E-state index in [1.54, 1.807) is 31.2 Å². The van der Waals surface area contributed by atoms with E-state index in [4.69, 9.17) is 16.7 Å². The van der Waals surface area contributed by atoms with Crippen molar-refractivity contribution in [3.05, 3.63) is 34.9 Å². The van der Waals surface area contributed by atoms with Crippen molar-refractivity contribution >= 4 is 11.6 Å². The van der Waals surface area contributed by atoms with Gasteiger partial charge in [0, 0.05) is 5.02 Å². The first kappa shape index (κ1) is 9.52. The fourth-order valence-electron chi connectivity index (χ4n) is 0.938. The molecule has 0 fully saturated rings. The average Bonchev–Trinajstić information content (AvgIpc) is 2.04. The molecule has 0 aliphatic carbocycles. The molecule has 2 atom stereocenters. The molecule has 0 saturated carbocycles. The number of aliphatic hydroxyl groups excluding tert-OH is 2.